The van der Waals surface area contributed by atoms with Gasteiger partial charge in [-0.3, -0.25) is 4.79 Å². The zero-order valence-corrected chi connectivity index (χ0v) is 17.8. The maximum absolute atomic E-state index is 13.6. The van der Waals surface area contributed by atoms with Crippen molar-refractivity contribution in [1.82, 2.24) is 14.9 Å². The fraction of sp³-hybridized carbons (Fsp3) is 0.429. The fourth-order valence-electron chi connectivity index (χ4n) is 4.27. The summed E-state index contributed by atoms with van der Waals surface area (Å²) in [6.45, 7) is 1.09. The number of aromatic amines is 1. The summed E-state index contributed by atoms with van der Waals surface area (Å²) in [5.41, 5.74) is 1.97. The van der Waals surface area contributed by atoms with Gasteiger partial charge in [0.05, 0.1) is 28.9 Å². The predicted molar refractivity (Wildman–Crippen MR) is 116 cm³/mol. The Morgan fingerprint density at radius 1 is 1.30 bits per heavy atom. The molecule has 0 radical (unpaired) electrons. The molecular formula is C21H22ClFN4O2S. The Morgan fingerprint density at radius 3 is 2.90 bits per heavy atom. The van der Waals surface area contributed by atoms with Crippen molar-refractivity contribution >= 4 is 44.9 Å². The zero-order chi connectivity index (χ0) is 20.8. The minimum Gasteiger partial charge on any atom is -0.393 e. The van der Waals surface area contributed by atoms with Crippen LogP contribution in [0.2, 0.25) is 5.02 Å². The third kappa shape index (κ3) is 3.79. The van der Waals surface area contributed by atoms with Crippen molar-refractivity contribution in [1.29, 1.82) is 0 Å². The highest BCUT2D eigenvalue weighted by atomic mass is 35.5. The van der Waals surface area contributed by atoms with Crippen molar-refractivity contribution in [3.8, 4) is 0 Å². The number of carbonyl (C=O) groups is 1. The number of hydrogen-bond acceptors (Lipinski definition) is 5. The van der Waals surface area contributed by atoms with Crippen LogP contribution in [0.4, 0.5) is 9.52 Å². The number of halogens is 2. The topological polar surface area (TPSA) is 81.2 Å². The summed E-state index contributed by atoms with van der Waals surface area (Å²) >= 11 is 7.71. The van der Waals surface area contributed by atoms with E-state index in [0.29, 0.717) is 42.1 Å². The van der Waals surface area contributed by atoms with Gasteiger partial charge in [0.25, 0.3) is 5.91 Å². The highest BCUT2D eigenvalue weighted by Gasteiger charge is 2.27. The number of hydrogen-bond donors (Lipinski definition) is 3. The third-order valence-electron chi connectivity index (χ3n) is 5.93. The molecule has 1 aliphatic heterocycles. The maximum atomic E-state index is 13.6. The lowest BCUT2D eigenvalue weighted by Crippen LogP contribution is -2.35. The molecule has 0 atom stereocenters. The van der Waals surface area contributed by atoms with Gasteiger partial charge < -0.3 is 20.3 Å². The van der Waals surface area contributed by atoms with Crippen LogP contribution in [0.5, 0.6) is 0 Å². The number of nitrogens with one attached hydrogen (secondary N) is 2. The molecule has 1 saturated carbocycles. The lowest BCUT2D eigenvalue weighted by atomic mass is 9.93. The van der Waals surface area contributed by atoms with Gasteiger partial charge >= 0.3 is 0 Å². The number of H-pyrrole nitrogens is 1. The van der Waals surface area contributed by atoms with E-state index in [-0.39, 0.29) is 17.0 Å². The lowest BCUT2D eigenvalue weighted by Gasteiger charge is -2.25. The second kappa shape index (κ2) is 7.83. The first-order valence-electron chi connectivity index (χ1n) is 10.2. The van der Waals surface area contributed by atoms with Gasteiger partial charge in [0, 0.05) is 29.3 Å². The maximum Gasteiger partial charge on any atom is 0.270 e. The molecule has 0 spiro atoms. The van der Waals surface area contributed by atoms with E-state index in [2.05, 4.69) is 10.3 Å². The van der Waals surface area contributed by atoms with E-state index in [1.165, 1.54) is 12.1 Å². The van der Waals surface area contributed by atoms with Crippen LogP contribution in [-0.2, 0) is 13.0 Å². The van der Waals surface area contributed by atoms with Gasteiger partial charge in [0.15, 0.2) is 5.13 Å². The van der Waals surface area contributed by atoms with Crippen LogP contribution in [0.15, 0.2) is 18.2 Å². The average molecular weight is 449 g/mol. The van der Waals surface area contributed by atoms with Crippen molar-refractivity contribution in [3.63, 3.8) is 0 Å². The van der Waals surface area contributed by atoms with Crippen LogP contribution in [0, 0.1) is 5.82 Å². The van der Waals surface area contributed by atoms with Crippen LogP contribution in [-0.4, -0.2) is 44.6 Å². The molecule has 1 fully saturated rings. The first-order chi connectivity index (χ1) is 14.5. The number of rotatable bonds is 3. The average Bonchev–Trinajstić information content (AvgIpc) is 3.32. The monoisotopic (exact) mass is 448 g/mol. The van der Waals surface area contributed by atoms with E-state index in [0.717, 1.165) is 41.4 Å². The van der Waals surface area contributed by atoms with Crippen LogP contribution in [0.3, 0.4) is 0 Å². The highest BCUT2D eigenvalue weighted by molar-refractivity contribution is 7.15. The molecule has 3 aromatic rings. The number of benzene rings is 1. The van der Waals surface area contributed by atoms with Gasteiger partial charge in [0.2, 0.25) is 0 Å². The molecule has 9 heteroatoms. The van der Waals surface area contributed by atoms with Crippen molar-refractivity contribution < 1.29 is 14.3 Å². The second-order valence-electron chi connectivity index (χ2n) is 8.05. The molecule has 6 nitrogen and oxygen atoms in total. The van der Waals surface area contributed by atoms with Gasteiger partial charge in [-0.25, -0.2) is 9.37 Å². The summed E-state index contributed by atoms with van der Waals surface area (Å²) in [5.74, 6) is -0.564. The number of nitrogens with zero attached hydrogens (tertiary/aromatic N) is 2. The Morgan fingerprint density at radius 2 is 2.10 bits per heavy atom. The molecule has 1 aromatic carbocycles. The van der Waals surface area contributed by atoms with E-state index in [1.54, 1.807) is 22.3 Å². The van der Waals surface area contributed by atoms with Crippen LogP contribution in [0.25, 0.3) is 10.9 Å². The second-order valence-corrected chi connectivity index (χ2v) is 9.54. The number of aliphatic hydroxyl groups is 1. The van der Waals surface area contributed by atoms with Gasteiger partial charge in [-0.15, -0.1) is 0 Å². The van der Waals surface area contributed by atoms with Crippen LogP contribution in [0.1, 0.15) is 46.7 Å². The van der Waals surface area contributed by atoms with E-state index < -0.39 is 5.82 Å². The number of anilines is 1. The van der Waals surface area contributed by atoms with Gasteiger partial charge in [-0.05, 0) is 43.9 Å². The first kappa shape index (κ1) is 19.8. The number of thiazole rings is 1. The number of amides is 1. The summed E-state index contributed by atoms with van der Waals surface area (Å²) in [5, 5.41) is 15.0. The lowest BCUT2D eigenvalue weighted by molar-refractivity contribution is 0.0731. The van der Waals surface area contributed by atoms with Crippen LogP contribution >= 0.6 is 22.9 Å². The molecule has 158 valence electrons. The van der Waals surface area contributed by atoms with Crippen molar-refractivity contribution in [3.05, 3.63) is 45.3 Å². The number of aromatic nitrogens is 2. The molecule has 5 rings (SSSR count). The standard InChI is InChI=1S/C21H22ClFN4O2S/c22-15-7-11(23)8-17-14(15)9-18(25-17)20(29)27-6-5-16-19(10-27)30-21(26-16)24-12-1-3-13(28)4-2-12/h7-9,12-13,25,28H,1-6,10H2,(H,24,26)/t12-,13+. The highest BCUT2D eigenvalue weighted by Crippen LogP contribution is 2.32. The quantitative estimate of drug-likeness (QED) is 0.557. The van der Waals surface area contributed by atoms with E-state index >= 15 is 0 Å². The van der Waals surface area contributed by atoms with E-state index in [4.69, 9.17) is 16.6 Å². The smallest absolute Gasteiger partial charge is 0.270 e. The Balaban J connectivity index is 1.30. The minimum absolute atomic E-state index is 0.127. The van der Waals surface area contributed by atoms with Crippen molar-refractivity contribution in [2.75, 3.05) is 11.9 Å². The molecule has 0 bridgehead atoms. The van der Waals surface area contributed by atoms with E-state index in [1.807, 2.05) is 0 Å². The molecule has 0 unspecified atom stereocenters. The van der Waals surface area contributed by atoms with Gasteiger partial charge in [-0.2, -0.15) is 0 Å². The SMILES string of the molecule is O=C(c1cc2c(Cl)cc(F)cc2[nH]1)N1CCc2nc(N[C@H]3CC[C@@H](O)CC3)sc2C1. The number of aliphatic hydroxyl groups excluding tert-OH is 1. The fourth-order valence-corrected chi connectivity index (χ4v) is 5.63. The molecule has 2 aromatic heterocycles. The summed E-state index contributed by atoms with van der Waals surface area (Å²) in [6.07, 6.45) is 4.06. The molecular weight excluding hydrogens is 427 g/mol. The summed E-state index contributed by atoms with van der Waals surface area (Å²) in [6, 6.07) is 4.62. The van der Waals surface area contributed by atoms with E-state index in [9.17, 15) is 14.3 Å². The zero-order valence-electron chi connectivity index (χ0n) is 16.3. The van der Waals surface area contributed by atoms with Gasteiger partial charge in [0.1, 0.15) is 11.5 Å². The summed E-state index contributed by atoms with van der Waals surface area (Å²) in [7, 11) is 0. The predicted octanol–water partition coefficient (Wildman–Crippen LogP) is 4.33. The van der Waals surface area contributed by atoms with Crippen molar-refractivity contribution in [2.24, 2.45) is 0 Å². The molecule has 2 aliphatic rings. The Kier molecular flexibility index (Phi) is 5.16. The first-order valence-corrected chi connectivity index (χ1v) is 11.4. The Hall–Kier alpha value is -2.16. The van der Waals surface area contributed by atoms with Gasteiger partial charge in [-0.1, -0.05) is 22.9 Å². The molecule has 3 heterocycles. The summed E-state index contributed by atoms with van der Waals surface area (Å²) < 4.78 is 13.6. The molecule has 3 N–H and O–H groups in total. The molecule has 1 amide bonds. The third-order valence-corrected chi connectivity index (χ3v) is 7.25. The normalized spacial score (nSPS) is 21.6. The Bertz CT molecular complexity index is 1110. The Labute approximate surface area is 182 Å². The minimum atomic E-state index is -0.437. The van der Waals surface area contributed by atoms with Crippen molar-refractivity contribution in [2.45, 2.75) is 50.8 Å². The number of carbonyl (C=O) groups excluding carboxylic acids is 1. The number of fused-ring (bicyclic) bond motifs is 2. The van der Waals surface area contributed by atoms with Crippen LogP contribution < -0.4 is 5.32 Å². The largest absolute Gasteiger partial charge is 0.393 e. The molecule has 0 saturated heterocycles. The molecule has 1 aliphatic carbocycles. The summed E-state index contributed by atoms with van der Waals surface area (Å²) in [4.78, 5) is 23.6. The molecule has 30 heavy (non-hydrogen) atoms.